The van der Waals surface area contributed by atoms with E-state index in [1.54, 1.807) is 0 Å². The fourth-order valence-electron chi connectivity index (χ4n) is 2.60. The van der Waals surface area contributed by atoms with E-state index in [1.807, 2.05) is 0 Å². The Morgan fingerprint density at radius 1 is 1.54 bits per heavy atom. The van der Waals surface area contributed by atoms with Crippen LogP contribution in [0, 0.1) is 11.3 Å². The maximum absolute atomic E-state index is 6.29. The first kappa shape index (κ1) is 9.44. The molecule has 13 heavy (non-hydrogen) atoms. The highest BCUT2D eigenvalue weighted by Crippen LogP contribution is 2.49. The molecule has 2 rings (SSSR count). The average Bonchev–Trinajstić information content (AvgIpc) is 2.82. The molecule has 0 aromatic carbocycles. The lowest BCUT2D eigenvalue weighted by Gasteiger charge is -2.27. The van der Waals surface area contributed by atoms with Crippen LogP contribution >= 0.6 is 0 Å². The number of nitrogens with two attached hydrogens (primary N) is 2. The van der Waals surface area contributed by atoms with Crippen molar-refractivity contribution in [1.82, 2.24) is 4.90 Å². The first-order chi connectivity index (χ1) is 6.18. The molecule has 76 valence electrons. The molecule has 0 radical (unpaired) electrons. The summed E-state index contributed by atoms with van der Waals surface area (Å²) in [7, 11) is 2.18. The summed E-state index contributed by atoms with van der Waals surface area (Å²) < 4.78 is 0. The van der Waals surface area contributed by atoms with Gasteiger partial charge in [0.2, 0.25) is 0 Å². The summed E-state index contributed by atoms with van der Waals surface area (Å²) in [4.78, 5) is 2.37. The molecule has 1 saturated heterocycles. The Bertz CT molecular complexity index is 189. The van der Waals surface area contributed by atoms with Crippen LogP contribution in [0.15, 0.2) is 0 Å². The van der Waals surface area contributed by atoms with Crippen LogP contribution < -0.4 is 11.5 Å². The smallest absolute Gasteiger partial charge is 0.0149 e. The van der Waals surface area contributed by atoms with Crippen LogP contribution in [0.25, 0.3) is 0 Å². The van der Waals surface area contributed by atoms with Gasteiger partial charge in [-0.15, -0.1) is 0 Å². The first-order valence-corrected chi connectivity index (χ1v) is 5.32. The molecule has 1 aliphatic carbocycles. The lowest BCUT2D eigenvalue weighted by molar-refractivity contribution is 0.289. The van der Waals surface area contributed by atoms with Crippen LogP contribution in [0.1, 0.15) is 19.3 Å². The number of rotatable bonds is 3. The van der Waals surface area contributed by atoms with Crippen molar-refractivity contribution >= 4 is 0 Å². The molecule has 1 heterocycles. The second-order valence-corrected chi connectivity index (χ2v) is 4.90. The van der Waals surface area contributed by atoms with Crippen LogP contribution in [0.4, 0.5) is 0 Å². The Kier molecular flexibility index (Phi) is 2.34. The van der Waals surface area contributed by atoms with Gasteiger partial charge in [-0.3, -0.25) is 0 Å². The van der Waals surface area contributed by atoms with E-state index < -0.39 is 0 Å². The number of hydrogen-bond donors (Lipinski definition) is 2. The monoisotopic (exact) mass is 183 g/mol. The number of likely N-dealkylation sites (tertiary alicyclic amines) is 1. The van der Waals surface area contributed by atoms with Gasteiger partial charge in [0, 0.05) is 12.6 Å². The third-order valence-corrected chi connectivity index (χ3v) is 3.94. The van der Waals surface area contributed by atoms with Gasteiger partial charge < -0.3 is 16.4 Å². The Morgan fingerprint density at radius 3 is 2.62 bits per heavy atom. The Labute approximate surface area is 80.5 Å². The first-order valence-electron chi connectivity index (χ1n) is 5.32. The van der Waals surface area contributed by atoms with Crippen molar-refractivity contribution in [2.45, 2.75) is 25.3 Å². The zero-order valence-electron chi connectivity index (χ0n) is 8.50. The second-order valence-electron chi connectivity index (χ2n) is 4.90. The van der Waals surface area contributed by atoms with Crippen molar-refractivity contribution in [3.05, 3.63) is 0 Å². The van der Waals surface area contributed by atoms with E-state index in [4.69, 9.17) is 11.5 Å². The SMILES string of the molecule is CN1CCC(C(N)C2(CN)CC2)C1. The molecule has 0 bridgehead atoms. The van der Waals surface area contributed by atoms with E-state index in [9.17, 15) is 0 Å². The number of nitrogens with zero attached hydrogens (tertiary/aromatic N) is 1. The van der Waals surface area contributed by atoms with Gasteiger partial charge in [-0.05, 0) is 50.7 Å². The summed E-state index contributed by atoms with van der Waals surface area (Å²) in [5.74, 6) is 0.691. The van der Waals surface area contributed by atoms with Gasteiger partial charge in [0.05, 0.1) is 0 Å². The zero-order chi connectivity index (χ0) is 9.47. The van der Waals surface area contributed by atoms with Gasteiger partial charge in [-0.25, -0.2) is 0 Å². The fourth-order valence-corrected chi connectivity index (χ4v) is 2.60. The van der Waals surface area contributed by atoms with Crippen molar-refractivity contribution in [3.8, 4) is 0 Å². The molecule has 3 nitrogen and oxygen atoms in total. The largest absolute Gasteiger partial charge is 0.330 e. The molecule has 0 aromatic heterocycles. The van der Waals surface area contributed by atoms with Crippen LogP contribution in [-0.4, -0.2) is 37.6 Å². The Hall–Kier alpha value is -0.120. The van der Waals surface area contributed by atoms with Gasteiger partial charge >= 0.3 is 0 Å². The van der Waals surface area contributed by atoms with Gasteiger partial charge in [0.25, 0.3) is 0 Å². The minimum atomic E-state index is 0.329. The molecule has 0 aromatic rings. The van der Waals surface area contributed by atoms with E-state index in [2.05, 4.69) is 11.9 Å². The van der Waals surface area contributed by atoms with Crippen LogP contribution in [-0.2, 0) is 0 Å². The molecular weight excluding hydrogens is 162 g/mol. The van der Waals surface area contributed by atoms with Gasteiger partial charge in [-0.2, -0.15) is 0 Å². The number of hydrogen-bond acceptors (Lipinski definition) is 3. The lowest BCUT2D eigenvalue weighted by atomic mass is 9.86. The van der Waals surface area contributed by atoms with Crippen LogP contribution in [0.3, 0.4) is 0 Å². The molecule has 4 N–H and O–H groups in total. The average molecular weight is 183 g/mol. The van der Waals surface area contributed by atoms with E-state index in [-0.39, 0.29) is 0 Å². The molecular formula is C10H21N3. The fraction of sp³-hybridized carbons (Fsp3) is 1.00. The molecule has 2 aliphatic rings. The summed E-state index contributed by atoms with van der Waals surface area (Å²) in [6, 6.07) is 0.349. The van der Waals surface area contributed by atoms with Crippen LogP contribution in [0.5, 0.6) is 0 Å². The summed E-state index contributed by atoms with van der Waals surface area (Å²) in [5.41, 5.74) is 12.4. The molecule has 0 amide bonds. The second kappa shape index (κ2) is 3.23. The maximum atomic E-state index is 6.29. The van der Waals surface area contributed by atoms with E-state index in [1.165, 1.54) is 32.4 Å². The quantitative estimate of drug-likeness (QED) is 0.648. The normalized spacial score (nSPS) is 34.8. The summed E-state index contributed by atoms with van der Waals surface area (Å²) in [5, 5.41) is 0. The summed E-state index contributed by atoms with van der Waals surface area (Å²) >= 11 is 0. The third-order valence-electron chi connectivity index (χ3n) is 3.94. The highest BCUT2D eigenvalue weighted by atomic mass is 15.1. The molecule has 1 saturated carbocycles. The predicted molar refractivity (Wildman–Crippen MR) is 54.3 cm³/mol. The van der Waals surface area contributed by atoms with Crippen molar-refractivity contribution < 1.29 is 0 Å². The van der Waals surface area contributed by atoms with Crippen LogP contribution in [0.2, 0.25) is 0 Å². The Morgan fingerprint density at radius 2 is 2.23 bits per heavy atom. The Balaban J connectivity index is 1.93. The third kappa shape index (κ3) is 1.60. The van der Waals surface area contributed by atoms with Crippen molar-refractivity contribution in [2.24, 2.45) is 22.8 Å². The molecule has 2 fully saturated rings. The zero-order valence-corrected chi connectivity index (χ0v) is 8.50. The minimum Gasteiger partial charge on any atom is -0.330 e. The van der Waals surface area contributed by atoms with Gasteiger partial charge in [-0.1, -0.05) is 0 Å². The van der Waals surface area contributed by atoms with E-state index in [0.29, 0.717) is 17.4 Å². The summed E-state index contributed by atoms with van der Waals surface area (Å²) in [6.45, 7) is 3.16. The molecule has 3 heteroatoms. The highest BCUT2D eigenvalue weighted by Gasteiger charge is 2.49. The van der Waals surface area contributed by atoms with Crippen molar-refractivity contribution in [1.29, 1.82) is 0 Å². The maximum Gasteiger partial charge on any atom is 0.0149 e. The highest BCUT2D eigenvalue weighted by molar-refractivity contribution is 5.05. The van der Waals surface area contributed by atoms with E-state index >= 15 is 0 Å². The molecule has 2 atom stereocenters. The molecule has 2 unspecified atom stereocenters. The summed E-state index contributed by atoms with van der Waals surface area (Å²) in [6.07, 6.45) is 3.77. The minimum absolute atomic E-state index is 0.329. The topological polar surface area (TPSA) is 55.3 Å². The van der Waals surface area contributed by atoms with Crippen molar-refractivity contribution in [2.75, 3.05) is 26.7 Å². The standard InChI is InChI=1S/C10H21N3/c1-13-5-2-8(6-13)9(12)10(7-11)3-4-10/h8-9H,2-7,11-12H2,1H3. The van der Waals surface area contributed by atoms with Gasteiger partial charge in [0.1, 0.15) is 0 Å². The predicted octanol–water partition coefficient (Wildman–Crippen LogP) is 0.00430. The van der Waals surface area contributed by atoms with E-state index in [0.717, 1.165) is 6.54 Å². The lowest BCUT2D eigenvalue weighted by Crippen LogP contribution is -2.43. The molecule has 1 aliphatic heterocycles. The molecule has 0 spiro atoms. The van der Waals surface area contributed by atoms with Gasteiger partial charge in [0.15, 0.2) is 0 Å². The van der Waals surface area contributed by atoms with Crippen molar-refractivity contribution in [3.63, 3.8) is 0 Å².